The van der Waals surface area contributed by atoms with Gasteiger partial charge in [-0.3, -0.25) is 0 Å². The number of hydrogen-bond acceptors (Lipinski definition) is 3. The van der Waals surface area contributed by atoms with Crippen molar-refractivity contribution in [2.45, 2.75) is 53.5 Å². The molecule has 0 spiro atoms. The van der Waals surface area contributed by atoms with Crippen LogP contribution >= 0.6 is 0 Å². The highest BCUT2D eigenvalue weighted by molar-refractivity contribution is 5.84. The van der Waals surface area contributed by atoms with Crippen LogP contribution < -0.4 is 11.1 Å². The molecule has 3 heteroatoms. The van der Waals surface area contributed by atoms with Gasteiger partial charge in [-0.05, 0) is 33.6 Å². The Labute approximate surface area is 87.5 Å². The minimum Gasteiger partial charge on any atom is -0.383 e. The van der Waals surface area contributed by atoms with Crippen LogP contribution in [-0.4, -0.2) is 11.8 Å². The SMILES string of the molecule is CCC(CC)=N/C(N)=C(\C)NC(C)C. The Morgan fingerprint density at radius 1 is 1.29 bits per heavy atom. The van der Waals surface area contributed by atoms with Crippen molar-refractivity contribution in [1.82, 2.24) is 5.32 Å². The highest BCUT2D eigenvalue weighted by Crippen LogP contribution is 2.01. The number of nitrogens with one attached hydrogen (secondary N) is 1. The van der Waals surface area contributed by atoms with E-state index in [1.807, 2.05) is 6.92 Å². The smallest absolute Gasteiger partial charge is 0.142 e. The van der Waals surface area contributed by atoms with Gasteiger partial charge in [-0.2, -0.15) is 0 Å². The van der Waals surface area contributed by atoms with E-state index in [4.69, 9.17) is 5.73 Å². The summed E-state index contributed by atoms with van der Waals surface area (Å²) < 4.78 is 0. The van der Waals surface area contributed by atoms with E-state index in [1.54, 1.807) is 0 Å². The molecule has 0 heterocycles. The summed E-state index contributed by atoms with van der Waals surface area (Å²) in [6.45, 7) is 10.3. The summed E-state index contributed by atoms with van der Waals surface area (Å²) in [6, 6.07) is 0.399. The molecule has 3 nitrogen and oxygen atoms in total. The fourth-order valence-corrected chi connectivity index (χ4v) is 1.17. The van der Waals surface area contributed by atoms with Crippen LogP contribution in [0.3, 0.4) is 0 Å². The van der Waals surface area contributed by atoms with Crippen molar-refractivity contribution < 1.29 is 0 Å². The Morgan fingerprint density at radius 3 is 2.14 bits per heavy atom. The molecule has 0 saturated carbocycles. The van der Waals surface area contributed by atoms with Gasteiger partial charge in [0, 0.05) is 11.8 Å². The lowest BCUT2D eigenvalue weighted by molar-refractivity contribution is 0.661. The lowest BCUT2D eigenvalue weighted by Crippen LogP contribution is -2.23. The zero-order valence-electron chi connectivity index (χ0n) is 10.0. The van der Waals surface area contributed by atoms with E-state index in [0.717, 1.165) is 24.3 Å². The molecule has 0 aromatic carbocycles. The van der Waals surface area contributed by atoms with Gasteiger partial charge in [-0.1, -0.05) is 13.8 Å². The Balaban J connectivity index is 4.56. The van der Waals surface area contributed by atoms with Crippen molar-refractivity contribution in [3.63, 3.8) is 0 Å². The van der Waals surface area contributed by atoms with E-state index in [-0.39, 0.29) is 0 Å². The molecule has 0 bridgehead atoms. The highest BCUT2D eigenvalue weighted by atomic mass is 15.0. The highest BCUT2D eigenvalue weighted by Gasteiger charge is 1.99. The van der Waals surface area contributed by atoms with Crippen LogP contribution in [0.25, 0.3) is 0 Å². The molecular weight excluding hydrogens is 174 g/mol. The molecular formula is C11H23N3. The van der Waals surface area contributed by atoms with Crippen molar-refractivity contribution in [3.8, 4) is 0 Å². The first-order valence-electron chi connectivity index (χ1n) is 5.30. The van der Waals surface area contributed by atoms with Gasteiger partial charge in [0.15, 0.2) is 0 Å². The molecule has 0 aliphatic rings. The molecule has 0 aliphatic carbocycles. The Kier molecular flexibility index (Phi) is 6.00. The molecule has 0 atom stereocenters. The maximum absolute atomic E-state index is 5.85. The molecule has 0 amide bonds. The van der Waals surface area contributed by atoms with E-state index in [2.05, 4.69) is 38.0 Å². The lowest BCUT2D eigenvalue weighted by Gasteiger charge is -2.11. The summed E-state index contributed by atoms with van der Waals surface area (Å²) in [7, 11) is 0. The summed E-state index contributed by atoms with van der Waals surface area (Å²) in [5.74, 6) is 0.609. The molecule has 0 fully saturated rings. The van der Waals surface area contributed by atoms with Crippen molar-refractivity contribution >= 4 is 5.71 Å². The van der Waals surface area contributed by atoms with Gasteiger partial charge in [-0.15, -0.1) is 0 Å². The second-order valence-electron chi connectivity index (χ2n) is 3.69. The fourth-order valence-electron chi connectivity index (χ4n) is 1.17. The zero-order chi connectivity index (χ0) is 11.1. The maximum atomic E-state index is 5.85. The number of nitrogens with zero attached hydrogens (tertiary/aromatic N) is 1. The molecule has 0 aromatic rings. The zero-order valence-corrected chi connectivity index (χ0v) is 10.0. The number of rotatable bonds is 5. The number of aliphatic imine (C=N–C) groups is 1. The van der Waals surface area contributed by atoms with Crippen LogP contribution in [0.1, 0.15) is 47.5 Å². The standard InChI is InChI=1S/C11H23N3/c1-6-10(7-2)14-11(12)9(5)13-8(3)4/h8,13H,6-7,12H2,1-5H3/b11-9+. The molecule has 0 unspecified atom stereocenters. The Hall–Kier alpha value is -0.990. The van der Waals surface area contributed by atoms with Crippen LogP contribution in [0.2, 0.25) is 0 Å². The first kappa shape index (κ1) is 13.0. The lowest BCUT2D eigenvalue weighted by atomic mass is 10.2. The predicted molar refractivity (Wildman–Crippen MR) is 63.2 cm³/mol. The molecule has 0 saturated heterocycles. The third kappa shape index (κ3) is 4.90. The molecule has 82 valence electrons. The normalized spacial score (nSPS) is 12.4. The largest absolute Gasteiger partial charge is 0.383 e. The second-order valence-corrected chi connectivity index (χ2v) is 3.69. The Bertz CT molecular complexity index is 221. The van der Waals surface area contributed by atoms with Crippen LogP contribution in [0, 0.1) is 0 Å². The predicted octanol–water partition coefficient (Wildman–Crippen LogP) is 2.39. The van der Waals surface area contributed by atoms with Crippen molar-refractivity contribution in [3.05, 3.63) is 11.5 Å². The van der Waals surface area contributed by atoms with Crippen LogP contribution in [0.4, 0.5) is 0 Å². The summed E-state index contributed by atoms with van der Waals surface area (Å²) in [4.78, 5) is 4.38. The first-order chi connectivity index (χ1) is 6.51. The molecule has 0 rings (SSSR count). The minimum atomic E-state index is 0.399. The van der Waals surface area contributed by atoms with Crippen molar-refractivity contribution in [1.29, 1.82) is 0 Å². The first-order valence-corrected chi connectivity index (χ1v) is 5.30. The average molecular weight is 197 g/mol. The maximum Gasteiger partial charge on any atom is 0.142 e. The monoisotopic (exact) mass is 197 g/mol. The van der Waals surface area contributed by atoms with Crippen LogP contribution in [-0.2, 0) is 0 Å². The molecule has 0 aliphatic heterocycles. The summed E-state index contributed by atoms with van der Waals surface area (Å²) >= 11 is 0. The molecule has 0 radical (unpaired) electrons. The van der Waals surface area contributed by atoms with E-state index >= 15 is 0 Å². The minimum absolute atomic E-state index is 0.399. The van der Waals surface area contributed by atoms with Crippen LogP contribution in [0.15, 0.2) is 16.5 Å². The topological polar surface area (TPSA) is 50.4 Å². The van der Waals surface area contributed by atoms with Gasteiger partial charge in [0.2, 0.25) is 0 Å². The third-order valence-electron chi connectivity index (χ3n) is 1.98. The summed E-state index contributed by atoms with van der Waals surface area (Å²) in [5.41, 5.74) is 7.95. The van der Waals surface area contributed by atoms with Gasteiger partial charge in [0.05, 0.1) is 5.70 Å². The van der Waals surface area contributed by atoms with Gasteiger partial charge in [0.1, 0.15) is 5.82 Å². The third-order valence-corrected chi connectivity index (χ3v) is 1.98. The molecule has 3 N–H and O–H groups in total. The van der Waals surface area contributed by atoms with E-state index in [0.29, 0.717) is 11.9 Å². The average Bonchev–Trinajstić information content (AvgIpc) is 2.12. The van der Waals surface area contributed by atoms with E-state index in [1.165, 1.54) is 0 Å². The second kappa shape index (κ2) is 6.46. The van der Waals surface area contributed by atoms with Crippen molar-refractivity contribution in [2.24, 2.45) is 10.7 Å². The van der Waals surface area contributed by atoms with Gasteiger partial charge in [-0.25, -0.2) is 4.99 Å². The molecule has 0 aromatic heterocycles. The summed E-state index contributed by atoms with van der Waals surface area (Å²) in [6.07, 6.45) is 1.93. The van der Waals surface area contributed by atoms with Gasteiger partial charge in [0.25, 0.3) is 0 Å². The van der Waals surface area contributed by atoms with Gasteiger partial charge < -0.3 is 11.1 Å². The molecule has 14 heavy (non-hydrogen) atoms. The quantitative estimate of drug-likeness (QED) is 0.665. The van der Waals surface area contributed by atoms with Gasteiger partial charge >= 0.3 is 0 Å². The number of hydrogen-bond donors (Lipinski definition) is 2. The van der Waals surface area contributed by atoms with E-state index < -0.39 is 0 Å². The van der Waals surface area contributed by atoms with E-state index in [9.17, 15) is 0 Å². The number of allylic oxidation sites excluding steroid dienone is 1. The van der Waals surface area contributed by atoms with Crippen LogP contribution in [0.5, 0.6) is 0 Å². The summed E-state index contributed by atoms with van der Waals surface area (Å²) in [5, 5.41) is 3.24. The Morgan fingerprint density at radius 2 is 1.79 bits per heavy atom. The fraction of sp³-hybridized carbons (Fsp3) is 0.727. The number of nitrogens with two attached hydrogens (primary N) is 1. The van der Waals surface area contributed by atoms with Crippen molar-refractivity contribution in [2.75, 3.05) is 0 Å².